The molecule has 1 amide bonds. The van der Waals surface area contributed by atoms with Crippen LogP contribution in [0.15, 0.2) is 47.2 Å². The largest absolute Gasteiger partial charge is 0.497 e. The van der Waals surface area contributed by atoms with Gasteiger partial charge in [0.05, 0.1) is 19.3 Å². The van der Waals surface area contributed by atoms with Gasteiger partial charge in [-0.2, -0.15) is 0 Å². The van der Waals surface area contributed by atoms with Crippen molar-refractivity contribution in [3.63, 3.8) is 0 Å². The van der Waals surface area contributed by atoms with Gasteiger partial charge in [-0.3, -0.25) is 9.69 Å². The van der Waals surface area contributed by atoms with E-state index in [-0.39, 0.29) is 5.91 Å². The van der Waals surface area contributed by atoms with E-state index in [0.717, 1.165) is 36.4 Å². The summed E-state index contributed by atoms with van der Waals surface area (Å²) in [7, 11) is 1.65. The fourth-order valence-corrected chi connectivity index (χ4v) is 5.02. The van der Waals surface area contributed by atoms with Crippen molar-refractivity contribution >= 4 is 33.7 Å². The number of thiophene rings is 1. The molecule has 1 fully saturated rings. The standard InChI is InChI=1S/C20H21N3O2S2/c1-25-15-8-6-14(7-9-15)16-13-27-20(21-16)22-19(24)12-23-10-2-4-17(23)18-5-3-11-26-18/h3,5-9,11,13,17H,2,4,10,12H2,1H3,(H,21,22,24)/t17-/m0/s1. The Morgan fingerprint density at radius 1 is 1.30 bits per heavy atom. The van der Waals surface area contributed by atoms with Crippen molar-refractivity contribution in [3.05, 3.63) is 52.0 Å². The fourth-order valence-electron chi connectivity index (χ4n) is 3.39. The highest BCUT2D eigenvalue weighted by Gasteiger charge is 2.28. The van der Waals surface area contributed by atoms with Gasteiger partial charge in [-0.05, 0) is 55.1 Å². The average molecular weight is 400 g/mol. The molecule has 1 aliphatic rings. The highest BCUT2D eigenvalue weighted by molar-refractivity contribution is 7.14. The fraction of sp³-hybridized carbons (Fsp3) is 0.300. The maximum absolute atomic E-state index is 12.5. The lowest BCUT2D eigenvalue weighted by Crippen LogP contribution is -2.32. The Morgan fingerprint density at radius 3 is 2.89 bits per heavy atom. The quantitative estimate of drug-likeness (QED) is 0.655. The molecule has 5 nitrogen and oxygen atoms in total. The Labute approximate surface area is 166 Å². The van der Waals surface area contributed by atoms with Crippen LogP contribution in [-0.4, -0.2) is 36.0 Å². The molecular weight excluding hydrogens is 378 g/mol. The first-order chi connectivity index (χ1) is 13.2. The van der Waals surface area contributed by atoms with Gasteiger partial charge in [0.25, 0.3) is 0 Å². The molecule has 0 bridgehead atoms. The number of nitrogens with one attached hydrogen (secondary N) is 1. The topological polar surface area (TPSA) is 54.5 Å². The first-order valence-electron chi connectivity index (χ1n) is 8.90. The summed E-state index contributed by atoms with van der Waals surface area (Å²) in [6, 6.07) is 12.4. The lowest BCUT2D eigenvalue weighted by Gasteiger charge is -2.22. The van der Waals surface area contributed by atoms with Crippen molar-refractivity contribution in [3.8, 4) is 17.0 Å². The molecule has 27 heavy (non-hydrogen) atoms. The van der Waals surface area contributed by atoms with Crippen LogP contribution in [0.5, 0.6) is 5.75 Å². The highest BCUT2D eigenvalue weighted by Crippen LogP contribution is 2.34. The van der Waals surface area contributed by atoms with E-state index in [0.29, 0.717) is 17.7 Å². The van der Waals surface area contributed by atoms with Gasteiger partial charge in [0, 0.05) is 21.9 Å². The Bertz CT molecular complexity index is 890. The molecule has 7 heteroatoms. The number of hydrogen-bond donors (Lipinski definition) is 1. The molecule has 140 valence electrons. The van der Waals surface area contributed by atoms with Crippen LogP contribution in [-0.2, 0) is 4.79 Å². The third-order valence-corrected chi connectivity index (χ3v) is 6.45. The molecule has 0 saturated carbocycles. The number of rotatable bonds is 6. The molecule has 2 aromatic heterocycles. The minimum Gasteiger partial charge on any atom is -0.497 e. The minimum atomic E-state index is -0.00547. The molecule has 1 saturated heterocycles. The highest BCUT2D eigenvalue weighted by atomic mass is 32.1. The number of thiazole rings is 1. The number of aromatic nitrogens is 1. The zero-order valence-corrected chi connectivity index (χ0v) is 16.7. The van der Waals surface area contributed by atoms with Crippen molar-refractivity contribution in [2.24, 2.45) is 0 Å². The van der Waals surface area contributed by atoms with Crippen molar-refractivity contribution in [1.82, 2.24) is 9.88 Å². The Morgan fingerprint density at radius 2 is 2.15 bits per heavy atom. The van der Waals surface area contributed by atoms with Crippen molar-refractivity contribution < 1.29 is 9.53 Å². The molecule has 1 N–H and O–H groups in total. The van der Waals surface area contributed by atoms with Gasteiger partial charge in [-0.15, -0.1) is 22.7 Å². The summed E-state index contributed by atoms with van der Waals surface area (Å²) in [5.41, 5.74) is 1.86. The number of nitrogens with zero attached hydrogens (tertiary/aromatic N) is 2. The summed E-state index contributed by atoms with van der Waals surface area (Å²) < 4.78 is 5.18. The number of methoxy groups -OCH3 is 1. The van der Waals surface area contributed by atoms with Crippen LogP contribution in [0.25, 0.3) is 11.3 Å². The van der Waals surface area contributed by atoms with Crippen molar-refractivity contribution in [1.29, 1.82) is 0 Å². The van der Waals surface area contributed by atoms with Crippen molar-refractivity contribution in [2.75, 3.05) is 25.5 Å². The van der Waals surface area contributed by atoms with Gasteiger partial charge in [0.1, 0.15) is 5.75 Å². The molecule has 1 atom stereocenters. The van der Waals surface area contributed by atoms with E-state index in [9.17, 15) is 4.79 Å². The van der Waals surface area contributed by atoms with Gasteiger partial charge < -0.3 is 10.1 Å². The number of benzene rings is 1. The third-order valence-electron chi connectivity index (χ3n) is 4.72. The molecular formula is C20H21N3O2S2. The number of ether oxygens (including phenoxy) is 1. The third kappa shape index (κ3) is 4.21. The van der Waals surface area contributed by atoms with E-state index in [4.69, 9.17) is 4.74 Å². The first-order valence-corrected chi connectivity index (χ1v) is 10.7. The second-order valence-electron chi connectivity index (χ2n) is 6.46. The number of anilines is 1. The normalized spacial score (nSPS) is 17.1. The lowest BCUT2D eigenvalue weighted by molar-refractivity contribution is -0.117. The number of likely N-dealkylation sites (tertiary alicyclic amines) is 1. The van der Waals surface area contributed by atoms with Crippen LogP contribution in [0.2, 0.25) is 0 Å². The van der Waals surface area contributed by atoms with Gasteiger partial charge in [-0.1, -0.05) is 6.07 Å². The summed E-state index contributed by atoms with van der Waals surface area (Å²) in [6.07, 6.45) is 2.25. The summed E-state index contributed by atoms with van der Waals surface area (Å²) in [4.78, 5) is 20.7. The maximum atomic E-state index is 12.5. The summed E-state index contributed by atoms with van der Waals surface area (Å²) in [5, 5.41) is 7.65. The SMILES string of the molecule is COc1ccc(-c2csc(NC(=O)CN3CCC[C@H]3c3cccs3)n2)cc1. The molecule has 4 rings (SSSR count). The minimum absolute atomic E-state index is 0.00547. The van der Waals surface area contributed by atoms with Crippen LogP contribution in [0, 0.1) is 0 Å². The van der Waals surface area contributed by atoms with E-state index in [1.807, 2.05) is 29.6 Å². The van der Waals surface area contributed by atoms with Gasteiger partial charge in [0.2, 0.25) is 5.91 Å². The average Bonchev–Trinajstić information content (AvgIpc) is 3.43. The van der Waals surface area contributed by atoms with Gasteiger partial charge in [-0.25, -0.2) is 4.98 Å². The second-order valence-corrected chi connectivity index (χ2v) is 8.30. The van der Waals surface area contributed by atoms with Gasteiger partial charge in [0.15, 0.2) is 5.13 Å². The monoisotopic (exact) mass is 399 g/mol. The molecule has 3 heterocycles. The van der Waals surface area contributed by atoms with Crippen LogP contribution < -0.4 is 10.1 Å². The Balaban J connectivity index is 1.38. The molecule has 1 aromatic carbocycles. The number of carbonyl (C=O) groups excluding carboxylic acids is 1. The molecule has 3 aromatic rings. The second kappa shape index (κ2) is 8.21. The van der Waals surface area contributed by atoms with E-state index < -0.39 is 0 Å². The summed E-state index contributed by atoms with van der Waals surface area (Å²) >= 11 is 3.21. The Hall–Kier alpha value is -2.22. The number of carbonyl (C=O) groups is 1. The maximum Gasteiger partial charge on any atom is 0.240 e. The van der Waals surface area contributed by atoms with Crippen LogP contribution in [0.4, 0.5) is 5.13 Å². The van der Waals surface area contributed by atoms with E-state index >= 15 is 0 Å². The number of hydrogen-bond acceptors (Lipinski definition) is 6. The smallest absolute Gasteiger partial charge is 0.240 e. The van der Waals surface area contributed by atoms with Gasteiger partial charge >= 0.3 is 0 Å². The summed E-state index contributed by atoms with van der Waals surface area (Å²) in [5.74, 6) is 0.808. The zero-order chi connectivity index (χ0) is 18.6. The van der Waals surface area contributed by atoms with E-state index in [2.05, 4.69) is 32.7 Å². The first kappa shape index (κ1) is 18.2. The van der Waals surface area contributed by atoms with Crippen LogP contribution >= 0.6 is 22.7 Å². The molecule has 0 aliphatic carbocycles. The number of amides is 1. The van der Waals surface area contributed by atoms with Crippen LogP contribution in [0.3, 0.4) is 0 Å². The zero-order valence-electron chi connectivity index (χ0n) is 15.1. The molecule has 0 radical (unpaired) electrons. The van der Waals surface area contributed by atoms with Crippen LogP contribution in [0.1, 0.15) is 23.8 Å². The Kier molecular flexibility index (Phi) is 5.52. The van der Waals surface area contributed by atoms with E-state index in [1.54, 1.807) is 18.4 Å². The van der Waals surface area contributed by atoms with Crippen molar-refractivity contribution in [2.45, 2.75) is 18.9 Å². The summed E-state index contributed by atoms with van der Waals surface area (Å²) in [6.45, 7) is 1.37. The predicted octanol–water partition coefficient (Wildman–Crippen LogP) is 4.66. The predicted molar refractivity (Wildman–Crippen MR) is 111 cm³/mol. The lowest BCUT2D eigenvalue weighted by atomic mass is 10.2. The molecule has 0 unspecified atom stereocenters. The molecule has 1 aliphatic heterocycles. The molecule has 0 spiro atoms. The van der Waals surface area contributed by atoms with E-state index in [1.165, 1.54) is 16.2 Å².